The third-order valence-corrected chi connectivity index (χ3v) is 0.729. The van der Waals surface area contributed by atoms with Crippen molar-refractivity contribution in [2.45, 2.75) is 21.3 Å². The lowest BCUT2D eigenvalue weighted by Crippen LogP contribution is -1.67. The van der Waals surface area contributed by atoms with Crippen LogP contribution < -0.4 is 0 Å². The minimum Gasteiger partial charge on any atom is -0.0959 e. The topological polar surface area (TPSA) is 0 Å². The van der Waals surface area contributed by atoms with E-state index in [2.05, 4.69) is 13.2 Å². The Labute approximate surface area is 46.6 Å². The van der Waals surface area contributed by atoms with Gasteiger partial charge in [0.25, 0.3) is 0 Å². The van der Waals surface area contributed by atoms with Crippen molar-refractivity contribution >= 4 is 0 Å². The average Bonchev–Trinajstić information content (AvgIpc) is 1.36. The number of allylic oxidation sites excluding steroid dienone is 2. The van der Waals surface area contributed by atoms with Gasteiger partial charge in [-0.1, -0.05) is 31.7 Å². The number of hydrogen-bond acceptors (Lipinski definition) is 0. The van der Waals surface area contributed by atoms with E-state index in [9.17, 15) is 0 Å². The van der Waals surface area contributed by atoms with E-state index in [1.165, 1.54) is 0 Å². The first-order valence-electron chi connectivity index (χ1n) is 1.96. The van der Waals surface area contributed by atoms with E-state index in [0.29, 0.717) is 0 Å². The SMILES string of the molecule is C.C=C(C)C(=C)C. The van der Waals surface area contributed by atoms with Crippen molar-refractivity contribution in [3.63, 3.8) is 0 Å². The quantitative estimate of drug-likeness (QED) is 0.442. The fraction of sp³-hybridized carbons (Fsp3) is 0.429. The third-order valence-electron chi connectivity index (χ3n) is 0.729. The van der Waals surface area contributed by atoms with Gasteiger partial charge in [0.1, 0.15) is 0 Å². The summed E-state index contributed by atoms with van der Waals surface area (Å²) >= 11 is 0. The van der Waals surface area contributed by atoms with Crippen LogP contribution in [0.3, 0.4) is 0 Å². The van der Waals surface area contributed by atoms with E-state index in [1.807, 2.05) is 13.8 Å². The van der Waals surface area contributed by atoms with Crippen LogP contribution in [0.15, 0.2) is 24.3 Å². The zero-order chi connectivity index (χ0) is 5.15. The lowest BCUT2D eigenvalue weighted by molar-refractivity contribution is 1.39. The van der Waals surface area contributed by atoms with Crippen molar-refractivity contribution in [3.05, 3.63) is 24.3 Å². The Morgan fingerprint density at radius 2 is 1.14 bits per heavy atom. The maximum absolute atomic E-state index is 3.66. The van der Waals surface area contributed by atoms with Gasteiger partial charge in [0.2, 0.25) is 0 Å². The van der Waals surface area contributed by atoms with Gasteiger partial charge in [0, 0.05) is 0 Å². The van der Waals surface area contributed by atoms with Crippen LogP contribution in [-0.4, -0.2) is 0 Å². The Balaban J connectivity index is 0. The van der Waals surface area contributed by atoms with Crippen LogP contribution in [0.25, 0.3) is 0 Å². The van der Waals surface area contributed by atoms with Crippen LogP contribution in [0, 0.1) is 0 Å². The Bertz CT molecular complexity index is 66.0. The van der Waals surface area contributed by atoms with Crippen molar-refractivity contribution in [2.24, 2.45) is 0 Å². The summed E-state index contributed by atoms with van der Waals surface area (Å²) in [5, 5.41) is 0. The van der Waals surface area contributed by atoms with Crippen LogP contribution in [0.4, 0.5) is 0 Å². The second-order valence-electron chi connectivity index (χ2n) is 1.56. The maximum Gasteiger partial charge on any atom is -0.0401 e. The van der Waals surface area contributed by atoms with Crippen LogP contribution in [-0.2, 0) is 0 Å². The summed E-state index contributed by atoms with van der Waals surface area (Å²) in [5.74, 6) is 0. The first-order valence-corrected chi connectivity index (χ1v) is 1.96. The van der Waals surface area contributed by atoms with Gasteiger partial charge in [-0.15, -0.1) is 0 Å². The van der Waals surface area contributed by atoms with Crippen LogP contribution in [0.1, 0.15) is 21.3 Å². The van der Waals surface area contributed by atoms with Crippen LogP contribution >= 0.6 is 0 Å². The zero-order valence-corrected chi connectivity index (χ0v) is 4.41. The van der Waals surface area contributed by atoms with E-state index in [1.54, 1.807) is 0 Å². The van der Waals surface area contributed by atoms with Crippen LogP contribution in [0.5, 0.6) is 0 Å². The molecule has 0 amide bonds. The molecule has 0 fully saturated rings. The highest BCUT2D eigenvalue weighted by atomic mass is 13.8. The van der Waals surface area contributed by atoms with Gasteiger partial charge < -0.3 is 0 Å². The van der Waals surface area contributed by atoms with Gasteiger partial charge >= 0.3 is 0 Å². The van der Waals surface area contributed by atoms with E-state index < -0.39 is 0 Å². The summed E-state index contributed by atoms with van der Waals surface area (Å²) in [6.45, 7) is 11.2. The molecule has 0 rings (SSSR count). The highest BCUT2D eigenvalue weighted by Crippen LogP contribution is 1.98. The molecule has 0 bridgehead atoms. The zero-order valence-electron chi connectivity index (χ0n) is 4.41. The molecule has 0 aliphatic carbocycles. The molecule has 0 saturated carbocycles. The summed E-state index contributed by atoms with van der Waals surface area (Å²) in [6.07, 6.45) is 0. The molecule has 0 aromatic carbocycles. The second-order valence-corrected chi connectivity index (χ2v) is 1.56. The smallest absolute Gasteiger partial charge is 0.0401 e. The third kappa shape index (κ3) is 5.48. The normalized spacial score (nSPS) is 6.57. The minimum absolute atomic E-state index is 0. The average molecular weight is 98.2 g/mol. The van der Waals surface area contributed by atoms with Gasteiger partial charge in [-0.25, -0.2) is 0 Å². The van der Waals surface area contributed by atoms with Crippen molar-refractivity contribution in [3.8, 4) is 0 Å². The fourth-order valence-corrected chi connectivity index (χ4v) is 0. The molecule has 42 valence electrons. The Morgan fingerprint density at radius 1 is 1.00 bits per heavy atom. The van der Waals surface area contributed by atoms with Gasteiger partial charge in [-0.2, -0.15) is 0 Å². The predicted octanol–water partition coefficient (Wildman–Crippen LogP) is 2.77. The Kier molecular flexibility index (Phi) is 5.07. The number of rotatable bonds is 1. The van der Waals surface area contributed by atoms with Gasteiger partial charge in [-0.3, -0.25) is 0 Å². The van der Waals surface area contributed by atoms with Crippen molar-refractivity contribution in [1.82, 2.24) is 0 Å². The van der Waals surface area contributed by atoms with Gasteiger partial charge in [-0.05, 0) is 13.8 Å². The maximum atomic E-state index is 3.66. The highest BCUT2D eigenvalue weighted by Gasteiger charge is 1.77. The van der Waals surface area contributed by atoms with Crippen molar-refractivity contribution < 1.29 is 0 Å². The molecule has 0 spiro atoms. The van der Waals surface area contributed by atoms with E-state index in [-0.39, 0.29) is 7.43 Å². The van der Waals surface area contributed by atoms with Crippen molar-refractivity contribution in [1.29, 1.82) is 0 Å². The molecule has 0 aliphatic heterocycles. The molecule has 0 saturated heterocycles. The first kappa shape index (κ1) is 9.70. The standard InChI is InChI=1S/C6H10.CH4/c1-5(2)6(3)4;/h1,3H2,2,4H3;1H4. The molecule has 0 heteroatoms. The van der Waals surface area contributed by atoms with Crippen LogP contribution in [0.2, 0.25) is 0 Å². The molecule has 0 aromatic heterocycles. The van der Waals surface area contributed by atoms with Gasteiger partial charge in [0.15, 0.2) is 0 Å². The molecule has 0 heterocycles. The minimum atomic E-state index is 0. The lowest BCUT2D eigenvalue weighted by Gasteiger charge is -1.88. The van der Waals surface area contributed by atoms with E-state index in [4.69, 9.17) is 0 Å². The molecular formula is C7H14. The molecule has 0 unspecified atom stereocenters. The molecule has 0 radical (unpaired) electrons. The largest absolute Gasteiger partial charge is 0.0959 e. The molecule has 0 N–H and O–H groups in total. The molecule has 0 atom stereocenters. The monoisotopic (exact) mass is 98.1 g/mol. The fourth-order valence-electron chi connectivity index (χ4n) is 0. The van der Waals surface area contributed by atoms with Gasteiger partial charge in [0.05, 0.1) is 0 Å². The first-order chi connectivity index (χ1) is 2.64. The summed E-state index contributed by atoms with van der Waals surface area (Å²) < 4.78 is 0. The molecule has 0 aromatic rings. The number of hydrogen-bond donors (Lipinski definition) is 0. The molecule has 0 aliphatic rings. The van der Waals surface area contributed by atoms with Crippen molar-refractivity contribution in [2.75, 3.05) is 0 Å². The molecule has 7 heavy (non-hydrogen) atoms. The van der Waals surface area contributed by atoms with E-state index >= 15 is 0 Å². The predicted molar refractivity (Wildman–Crippen MR) is 36.4 cm³/mol. The van der Waals surface area contributed by atoms with E-state index in [0.717, 1.165) is 11.1 Å². The summed E-state index contributed by atoms with van der Waals surface area (Å²) in [5.41, 5.74) is 2.13. The lowest BCUT2D eigenvalue weighted by atomic mass is 10.2. The molecule has 0 nitrogen and oxygen atoms in total. The summed E-state index contributed by atoms with van der Waals surface area (Å²) in [6, 6.07) is 0. The Hall–Kier alpha value is -0.520. The summed E-state index contributed by atoms with van der Waals surface area (Å²) in [4.78, 5) is 0. The molecular weight excluding hydrogens is 84.1 g/mol. The highest BCUT2D eigenvalue weighted by molar-refractivity contribution is 5.19. The Morgan fingerprint density at radius 3 is 1.14 bits per heavy atom. The second kappa shape index (κ2) is 3.66. The summed E-state index contributed by atoms with van der Waals surface area (Å²) in [7, 11) is 0.